The van der Waals surface area contributed by atoms with Crippen LogP contribution in [-0.2, 0) is 0 Å². The zero-order valence-electron chi connectivity index (χ0n) is 16.4. The normalized spacial score (nSPS) is 10.6. The van der Waals surface area contributed by atoms with Crippen LogP contribution in [0.2, 0.25) is 0 Å². The second-order valence-electron chi connectivity index (χ2n) is 6.53. The average molecular weight is 401 g/mol. The number of methoxy groups -OCH3 is 1. The molecule has 0 saturated heterocycles. The molecule has 0 saturated carbocycles. The van der Waals surface area contributed by atoms with Crippen molar-refractivity contribution in [3.05, 3.63) is 77.0 Å². The van der Waals surface area contributed by atoms with E-state index in [1.165, 1.54) is 0 Å². The largest absolute Gasteiger partial charge is 0.495 e. The molecule has 8 nitrogen and oxygen atoms in total. The lowest BCUT2D eigenvalue weighted by molar-refractivity contribution is 0.0963. The van der Waals surface area contributed by atoms with Crippen molar-refractivity contribution in [1.82, 2.24) is 20.3 Å². The molecule has 3 aromatic heterocycles. The first kappa shape index (κ1) is 19.1. The van der Waals surface area contributed by atoms with E-state index in [0.29, 0.717) is 33.9 Å². The van der Waals surface area contributed by atoms with Gasteiger partial charge < -0.3 is 20.4 Å². The first-order valence-electron chi connectivity index (χ1n) is 9.20. The van der Waals surface area contributed by atoms with Gasteiger partial charge in [0.1, 0.15) is 11.6 Å². The van der Waals surface area contributed by atoms with E-state index >= 15 is 0 Å². The molecule has 150 valence electrons. The van der Waals surface area contributed by atoms with Crippen LogP contribution in [0, 0.1) is 0 Å². The zero-order chi connectivity index (χ0) is 21.1. The number of pyridine rings is 3. The molecule has 0 aliphatic heterocycles. The number of rotatable bonds is 5. The maximum atomic E-state index is 12.5. The topological polar surface area (TPSA) is 109 Å². The molecule has 3 heterocycles. The number of nitrogens with zero attached hydrogens (tertiary/aromatic N) is 2. The predicted octanol–water partition coefficient (Wildman–Crippen LogP) is 3.10. The molecule has 30 heavy (non-hydrogen) atoms. The van der Waals surface area contributed by atoms with Gasteiger partial charge in [-0.25, -0.2) is 4.98 Å². The van der Waals surface area contributed by atoms with Crippen molar-refractivity contribution >= 4 is 28.2 Å². The fourth-order valence-electron chi connectivity index (χ4n) is 3.14. The van der Waals surface area contributed by atoms with Crippen LogP contribution in [-0.4, -0.2) is 35.0 Å². The van der Waals surface area contributed by atoms with Gasteiger partial charge >= 0.3 is 0 Å². The minimum atomic E-state index is -0.264. The summed E-state index contributed by atoms with van der Waals surface area (Å²) in [6.45, 7) is 0. The Morgan fingerprint density at radius 2 is 2.00 bits per heavy atom. The molecule has 0 unspecified atom stereocenters. The molecule has 0 radical (unpaired) electrons. The number of ether oxygens (including phenoxy) is 1. The van der Waals surface area contributed by atoms with E-state index in [9.17, 15) is 9.59 Å². The number of benzene rings is 1. The third-order valence-corrected chi connectivity index (χ3v) is 4.61. The van der Waals surface area contributed by atoms with E-state index in [0.717, 1.165) is 10.9 Å². The van der Waals surface area contributed by atoms with Crippen LogP contribution in [0.15, 0.2) is 65.8 Å². The van der Waals surface area contributed by atoms with Crippen molar-refractivity contribution < 1.29 is 9.53 Å². The molecule has 3 N–H and O–H groups in total. The number of hydrogen-bond donors (Lipinski definition) is 3. The number of fused-ring (bicyclic) bond motifs is 1. The summed E-state index contributed by atoms with van der Waals surface area (Å²) in [5.41, 5.74) is 2.24. The first-order valence-corrected chi connectivity index (χ1v) is 9.20. The van der Waals surface area contributed by atoms with Crippen molar-refractivity contribution in [2.24, 2.45) is 0 Å². The van der Waals surface area contributed by atoms with Crippen molar-refractivity contribution in [1.29, 1.82) is 0 Å². The number of amides is 1. The highest BCUT2D eigenvalue weighted by Crippen LogP contribution is 2.29. The molecule has 0 aliphatic rings. The maximum Gasteiger partial charge on any atom is 0.259 e. The van der Waals surface area contributed by atoms with Crippen LogP contribution < -0.4 is 20.9 Å². The monoisotopic (exact) mass is 401 g/mol. The van der Waals surface area contributed by atoms with Gasteiger partial charge in [0.05, 0.1) is 24.4 Å². The highest BCUT2D eigenvalue weighted by Gasteiger charge is 2.13. The van der Waals surface area contributed by atoms with Crippen LogP contribution in [0.5, 0.6) is 5.75 Å². The SMILES string of the molecule is CNC(=O)c1cccc(Nc2nc(-c3cncc(OC)c3)cc3cc[nH]c(=O)c23)c1. The smallest absolute Gasteiger partial charge is 0.259 e. The minimum Gasteiger partial charge on any atom is -0.495 e. The van der Waals surface area contributed by atoms with Crippen LogP contribution in [0.1, 0.15) is 10.4 Å². The standard InChI is InChI=1S/C22H19N5O3/c1-23-21(28)14-4-3-5-16(8-14)26-20-19-13(6-7-25-22(19)29)10-18(27-20)15-9-17(30-2)12-24-11-15/h3-12H,1-2H3,(H,23,28)(H,25,29)(H,26,27). The lowest BCUT2D eigenvalue weighted by Gasteiger charge is -2.12. The van der Waals surface area contributed by atoms with Gasteiger partial charge in [0.2, 0.25) is 0 Å². The lowest BCUT2D eigenvalue weighted by Crippen LogP contribution is -2.17. The van der Waals surface area contributed by atoms with Crippen LogP contribution in [0.4, 0.5) is 11.5 Å². The highest BCUT2D eigenvalue weighted by molar-refractivity contribution is 5.97. The minimum absolute atomic E-state index is 0.203. The predicted molar refractivity (Wildman–Crippen MR) is 115 cm³/mol. The molecule has 1 amide bonds. The summed E-state index contributed by atoms with van der Waals surface area (Å²) in [5, 5.41) is 6.92. The van der Waals surface area contributed by atoms with E-state index < -0.39 is 0 Å². The number of aromatic nitrogens is 3. The molecule has 0 fully saturated rings. The van der Waals surface area contributed by atoms with E-state index in [2.05, 4.69) is 25.6 Å². The van der Waals surface area contributed by atoms with Crippen molar-refractivity contribution in [2.75, 3.05) is 19.5 Å². The molecule has 8 heteroatoms. The fourth-order valence-corrected chi connectivity index (χ4v) is 3.14. The summed E-state index contributed by atoms with van der Waals surface area (Å²) in [7, 11) is 3.14. The first-order chi connectivity index (χ1) is 14.6. The number of nitrogens with one attached hydrogen (secondary N) is 3. The van der Waals surface area contributed by atoms with Crippen molar-refractivity contribution in [3.63, 3.8) is 0 Å². The number of carbonyl (C=O) groups excluding carboxylic acids is 1. The highest BCUT2D eigenvalue weighted by atomic mass is 16.5. The summed E-state index contributed by atoms with van der Waals surface area (Å²) in [4.78, 5) is 36.0. The van der Waals surface area contributed by atoms with Gasteiger partial charge in [0.15, 0.2) is 0 Å². The molecule has 0 spiro atoms. The quantitative estimate of drug-likeness (QED) is 0.474. The molecule has 0 atom stereocenters. The number of aromatic amines is 1. The van der Waals surface area contributed by atoms with Crippen LogP contribution in [0.25, 0.3) is 22.0 Å². The Labute approximate surface area is 172 Å². The molecule has 4 rings (SSSR count). The Kier molecular flexibility index (Phi) is 5.13. The number of hydrogen-bond acceptors (Lipinski definition) is 6. The Bertz CT molecular complexity index is 1300. The third-order valence-electron chi connectivity index (χ3n) is 4.61. The summed E-state index contributed by atoms with van der Waals surface area (Å²) >= 11 is 0. The van der Waals surface area contributed by atoms with E-state index in [4.69, 9.17) is 4.74 Å². The maximum absolute atomic E-state index is 12.5. The van der Waals surface area contributed by atoms with Gasteiger partial charge in [-0.1, -0.05) is 6.07 Å². The van der Waals surface area contributed by atoms with E-state index in [1.54, 1.807) is 57.0 Å². The summed E-state index contributed by atoms with van der Waals surface area (Å²) in [6, 6.07) is 12.4. The Morgan fingerprint density at radius 3 is 2.80 bits per heavy atom. The van der Waals surface area contributed by atoms with Crippen molar-refractivity contribution in [2.45, 2.75) is 0 Å². The molecular formula is C22H19N5O3. The molecular weight excluding hydrogens is 382 g/mol. The summed E-state index contributed by atoms with van der Waals surface area (Å²) in [6.07, 6.45) is 4.88. The molecule has 4 aromatic rings. The van der Waals surface area contributed by atoms with Crippen molar-refractivity contribution in [3.8, 4) is 17.0 Å². The lowest BCUT2D eigenvalue weighted by atomic mass is 10.1. The number of anilines is 2. The van der Waals surface area contributed by atoms with Gasteiger partial charge in [0.25, 0.3) is 11.5 Å². The summed E-state index contributed by atoms with van der Waals surface area (Å²) in [5.74, 6) is 0.778. The second kappa shape index (κ2) is 8.04. The number of H-pyrrole nitrogens is 1. The van der Waals surface area contributed by atoms with Gasteiger partial charge in [-0.15, -0.1) is 0 Å². The van der Waals surface area contributed by atoms with Gasteiger partial charge in [-0.3, -0.25) is 14.6 Å². The van der Waals surface area contributed by atoms with E-state index in [1.807, 2.05) is 18.2 Å². The number of carbonyl (C=O) groups is 1. The zero-order valence-corrected chi connectivity index (χ0v) is 16.4. The Hall–Kier alpha value is -4.20. The van der Waals surface area contributed by atoms with Crippen LogP contribution in [0.3, 0.4) is 0 Å². The fraction of sp³-hybridized carbons (Fsp3) is 0.0909. The van der Waals surface area contributed by atoms with Crippen LogP contribution >= 0.6 is 0 Å². The molecule has 1 aromatic carbocycles. The molecule has 0 aliphatic carbocycles. The summed E-state index contributed by atoms with van der Waals surface area (Å²) < 4.78 is 5.26. The Morgan fingerprint density at radius 1 is 1.13 bits per heavy atom. The van der Waals surface area contributed by atoms with E-state index in [-0.39, 0.29) is 11.5 Å². The average Bonchev–Trinajstić information content (AvgIpc) is 2.78. The van der Waals surface area contributed by atoms with Gasteiger partial charge in [-0.05, 0) is 41.8 Å². The third kappa shape index (κ3) is 3.70. The Balaban J connectivity index is 1.86. The van der Waals surface area contributed by atoms with Gasteiger partial charge in [0, 0.05) is 36.3 Å². The second-order valence-corrected chi connectivity index (χ2v) is 6.53. The van der Waals surface area contributed by atoms with Gasteiger partial charge in [-0.2, -0.15) is 0 Å². The molecule has 0 bridgehead atoms.